The van der Waals surface area contributed by atoms with Crippen LogP contribution >= 0.6 is 11.3 Å². The first-order chi connectivity index (χ1) is 13.2. The van der Waals surface area contributed by atoms with Gasteiger partial charge in [-0.3, -0.25) is 9.59 Å². The van der Waals surface area contributed by atoms with Gasteiger partial charge in [-0.05, 0) is 36.4 Å². The van der Waals surface area contributed by atoms with Crippen LogP contribution in [-0.4, -0.2) is 60.9 Å². The summed E-state index contributed by atoms with van der Waals surface area (Å²) in [7, 11) is 0. The molecule has 0 saturated carbocycles. The molecule has 2 saturated heterocycles. The molecule has 27 heavy (non-hydrogen) atoms. The summed E-state index contributed by atoms with van der Waals surface area (Å²) in [6, 6.07) is 14.1. The molecule has 0 radical (unpaired) electrons. The second-order valence-electron chi connectivity index (χ2n) is 7.22. The van der Waals surface area contributed by atoms with E-state index in [-0.39, 0.29) is 17.7 Å². The van der Waals surface area contributed by atoms with Crippen LogP contribution in [0.15, 0.2) is 47.8 Å². The highest BCUT2D eigenvalue weighted by Crippen LogP contribution is 2.23. The smallest absolute Gasteiger partial charge is 0.263 e. The van der Waals surface area contributed by atoms with Crippen LogP contribution < -0.4 is 4.90 Å². The highest BCUT2D eigenvalue weighted by Gasteiger charge is 2.33. The van der Waals surface area contributed by atoms with Gasteiger partial charge in [-0.15, -0.1) is 11.3 Å². The third-order valence-electron chi connectivity index (χ3n) is 5.50. The number of rotatable bonds is 3. The minimum absolute atomic E-state index is 0.0639. The fourth-order valence-electron chi connectivity index (χ4n) is 4.00. The molecule has 2 aliphatic rings. The Balaban J connectivity index is 1.34. The monoisotopic (exact) mass is 383 g/mol. The van der Waals surface area contributed by atoms with Crippen molar-refractivity contribution < 1.29 is 9.59 Å². The van der Waals surface area contributed by atoms with Crippen molar-refractivity contribution in [2.24, 2.45) is 5.92 Å². The van der Waals surface area contributed by atoms with Gasteiger partial charge in [-0.1, -0.05) is 24.3 Å². The third kappa shape index (κ3) is 4.00. The zero-order valence-corrected chi connectivity index (χ0v) is 16.2. The summed E-state index contributed by atoms with van der Waals surface area (Å²) < 4.78 is 0. The molecule has 2 fully saturated rings. The van der Waals surface area contributed by atoms with E-state index in [9.17, 15) is 9.59 Å². The number of piperidine rings is 1. The van der Waals surface area contributed by atoms with Gasteiger partial charge in [0.2, 0.25) is 5.91 Å². The van der Waals surface area contributed by atoms with Crippen LogP contribution in [0.5, 0.6) is 0 Å². The van der Waals surface area contributed by atoms with Crippen molar-refractivity contribution in [2.45, 2.75) is 12.8 Å². The maximum absolute atomic E-state index is 13.0. The van der Waals surface area contributed by atoms with E-state index < -0.39 is 0 Å². The van der Waals surface area contributed by atoms with Crippen LogP contribution in [0.1, 0.15) is 22.5 Å². The van der Waals surface area contributed by atoms with Crippen LogP contribution in [0.3, 0.4) is 0 Å². The van der Waals surface area contributed by atoms with Gasteiger partial charge in [0.25, 0.3) is 5.91 Å². The molecule has 6 heteroatoms. The van der Waals surface area contributed by atoms with Crippen LogP contribution in [0, 0.1) is 5.92 Å². The average Bonchev–Trinajstić information content (AvgIpc) is 3.28. The summed E-state index contributed by atoms with van der Waals surface area (Å²) in [5, 5.41) is 1.92. The first-order valence-corrected chi connectivity index (χ1v) is 10.5. The number of hydrogen-bond acceptors (Lipinski definition) is 4. The Morgan fingerprint density at radius 3 is 2.37 bits per heavy atom. The molecule has 0 aliphatic carbocycles. The van der Waals surface area contributed by atoms with Gasteiger partial charge >= 0.3 is 0 Å². The Kier molecular flexibility index (Phi) is 5.43. The Labute approximate surface area is 164 Å². The summed E-state index contributed by atoms with van der Waals surface area (Å²) >= 11 is 1.47. The second kappa shape index (κ2) is 8.13. The van der Waals surface area contributed by atoms with E-state index in [1.54, 1.807) is 0 Å². The van der Waals surface area contributed by atoms with E-state index in [4.69, 9.17) is 0 Å². The van der Waals surface area contributed by atoms with Gasteiger partial charge < -0.3 is 14.7 Å². The number of carbonyl (C=O) groups excluding carboxylic acids is 2. The number of piperazine rings is 1. The Hall–Kier alpha value is -2.34. The number of benzene rings is 1. The van der Waals surface area contributed by atoms with Crippen molar-refractivity contribution in [1.29, 1.82) is 0 Å². The maximum atomic E-state index is 13.0. The van der Waals surface area contributed by atoms with Crippen molar-refractivity contribution >= 4 is 28.8 Å². The third-order valence-corrected chi connectivity index (χ3v) is 6.36. The van der Waals surface area contributed by atoms with Gasteiger partial charge in [0.1, 0.15) is 0 Å². The highest BCUT2D eigenvalue weighted by molar-refractivity contribution is 7.12. The summed E-state index contributed by atoms with van der Waals surface area (Å²) in [6.07, 6.45) is 1.78. The second-order valence-corrected chi connectivity index (χ2v) is 8.16. The summed E-state index contributed by atoms with van der Waals surface area (Å²) in [5.41, 5.74) is 1.22. The van der Waals surface area contributed by atoms with Crippen LogP contribution in [0.25, 0.3) is 0 Å². The molecular formula is C21H25N3O2S. The van der Waals surface area contributed by atoms with E-state index in [1.807, 2.05) is 45.5 Å². The standard InChI is InChI=1S/C21H25N3O2S/c25-20(23-13-11-22(12-14-23)18-7-2-1-3-8-18)17-6-4-10-24(16-17)21(26)19-9-5-15-27-19/h1-3,5,7-9,15,17H,4,6,10-14,16H2. The fourth-order valence-corrected chi connectivity index (χ4v) is 4.69. The molecule has 1 aromatic heterocycles. The number of para-hydroxylation sites is 1. The van der Waals surface area contributed by atoms with Gasteiger partial charge in [-0.25, -0.2) is 0 Å². The minimum atomic E-state index is -0.0639. The molecule has 5 nitrogen and oxygen atoms in total. The first kappa shape index (κ1) is 18.0. The number of nitrogens with zero attached hydrogens (tertiary/aromatic N) is 3. The van der Waals surface area contributed by atoms with Gasteiger partial charge in [0.05, 0.1) is 10.8 Å². The lowest BCUT2D eigenvalue weighted by Crippen LogP contribution is -2.53. The van der Waals surface area contributed by atoms with Crippen LogP contribution in [-0.2, 0) is 4.79 Å². The lowest BCUT2D eigenvalue weighted by Gasteiger charge is -2.39. The predicted octanol–water partition coefficient (Wildman–Crippen LogP) is 2.95. The predicted molar refractivity (Wildman–Crippen MR) is 108 cm³/mol. The summed E-state index contributed by atoms with van der Waals surface area (Å²) in [4.78, 5) is 32.6. The molecule has 4 rings (SSSR count). The van der Waals surface area contributed by atoms with Crippen molar-refractivity contribution in [1.82, 2.24) is 9.80 Å². The molecule has 0 spiro atoms. The molecule has 0 N–H and O–H groups in total. The lowest BCUT2D eigenvalue weighted by atomic mass is 9.96. The lowest BCUT2D eigenvalue weighted by molar-refractivity contribution is -0.137. The van der Waals surface area contributed by atoms with Gasteiger partial charge in [-0.2, -0.15) is 0 Å². The number of likely N-dealkylation sites (tertiary alicyclic amines) is 1. The molecule has 2 amide bonds. The Morgan fingerprint density at radius 1 is 0.889 bits per heavy atom. The molecule has 1 atom stereocenters. The maximum Gasteiger partial charge on any atom is 0.263 e. The van der Waals surface area contributed by atoms with Gasteiger partial charge in [0, 0.05) is 45.0 Å². The van der Waals surface area contributed by atoms with Crippen LogP contribution in [0.2, 0.25) is 0 Å². The first-order valence-electron chi connectivity index (χ1n) is 9.64. The van der Waals surface area contributed by atoms with Crippen molar-refractivity contribution in [2.75, 3.05) is 44.2 Å². The van der Waals surface area contributed by atoms with E-state index in [0.29, 0.717) is 6.54 Å². The number of amides is 2. The van der Waals surface area contributed by atoms with Gasteiger partial charge in [0.15, 0.2) is 0 Å². The highest BCUT2D eigenvalue weighted by atomic mass is 32.1. The minimum Gasteiger partial charge on any atom is -0.368 e. The SMILES string of the molecule is O=C(c1cccs1)N1CCCC(C(=O)N2CCN(c3ccccc3)CC2)C1. The number of thiophene rings is 1. The molecule has 2 aromatic rings. The van der Waals surface area contributed by atoms with E-state index in [2.05, 4.69) is 17.0 Å². The molecule has 2 aliphatic heterocycles. The quantitative estimate of drug-likeness (QED) is 0.819. The molecule has 3 heterocycles. The largest absolute Gasteiger partial charge is 0.368 e. The number of hydrogen-bond donors (Lipinski definition) is 0. The van der Waals surface area contributed by atoms with E-state index in [0.717, 1.165) is 50.4 Å². The fraction of sp³-hybridized carbons (Fsp3) is 0.429. The topological polar surface area (TPSA) is 43.9 Å². The van der Waals surface area contributed by atoms with E-state index in [1.165, 1.54) is 17.0 Å². The zero-order chi connectivity index (χ0) is 18.6. The normalized spacial score (nSPS) is 20.6. The Bertz CT molecular complexity index is 770. The van der Waals surface area contributed by atoms with Crippen molar-refractivity contribution in [3.05, 3.63) is 52.7 Å². The summed E-state index contributed by atoms with van der Waals surface area (Å²) in [6.45, 7) is 4.53. The number of anilines is 1. The van der Waals surface area contributed by atoms with Crippen LogP contribution in [0.4, 0.5) is 5.69 Å². The number of carbonyl (C=O) groups is 2. The summed E-state index contributed by atoms with van der Waals surface area (Å²) in [5.74, 6) is 0.216. The molecule has 1 unspecified atom stereocenters. The molecule has 0 bridgehead atoms. The zero-order valence-electron chi connectivity index (χ0n) is 15.4. The van der Waals surface area contributed by atoms with Crippen molar-refractivity contribution in [3.63, 3.8) is 0 Å². The molecule has 142 valence electrons. The van der Waals surface area contributed by atoms with E-state index >= 15 is 0 Å². The van der Waals surface area contributed by atoms with Crippen molar-refractivity contribution in [3.8, 4) is 0 Å². The molecular weight excluding hydrogens is 358 g/mol. The Morgan fingerprint density at radius 2 is 1.67 bits per heavy atom. The molecule has 1 aromatic carbocycles. The average molecular weight is 384 g/mol.